The summed E-state index contributed by atoms with van der Waals surface area (Å²) in [6.45, 7) is 5.52. The molecule has 0 atom stereocenters. The fourth-order valence-electron chi connectivity index (χ4n) is 3.42. The Morgan fingerprint density at radius 1 is 1.00 bits per heavy atom. The van der Waals surface area contributed by atoms with Crippen LogP contribution in [0.5, 0.6) is 0 Å². The lowest BCUT2D eigenvalue weighted by atomic mass is 10.0. The third-order valence-electron chi connectivity index (χ3n) is 5.28. The first kappa shape index (κ1) is 22.0. The number of ether oxygens (including phenoxy) is 1. The summed E-state index contributed by atoms with van der Waals surface area (Å²) in [5, 5.41) is 0.328. The Hall–Kier alpha value is -3.23. The molecule has 0 saturated heterocycles. The third-order valence-corrected chi connectivity index (χ3v) is 8.10. The fraction of sp³-hybridized carbons (Fsp3) is 0.167. The monoisotopic (exact) mass is 466 g/mol. The maximum Gasteiger partial charge on any atom is 0.338 e. The van der Waals surface area contributed by atoms with Crippen LogP contribution >= 0.6 is 11.3 Å². The highest BCUT2D eigenvalue weighted by atomic mass is 32.2. The Balaban J connectivity index is 1.95. The van der Waals surface area contributed by atoms with E-state index >= 15 is 0 Å². The minimum Gasteiger partial charge on any atom is -0.465 e. The maximum atomic E-state index is 13.9. The number of nitrogens with zero attached hydrogens (tertiary/aromatic N) is 2. The van der Waals surface area contributed by atoms with Crippen molar-refractivity contribution in [1.29, 1.82) is 0 Å². The standard InChI is InChI=1S/C24H22N2O4S2/c1-15-10-11-21-22(12-15)31-24(25-21)26(18-8-6-5-7-9-18)32(28,29)19-13-16(2)17(3)20(14-19)23(27)30-4/h5-14H,1-4H3. The van der Waals surface area contributed by atoms with Crippen molar-refractivity contribution in [2.45, 2.75) is 25.7 Å². The Bertz CT molecular complexity index is 1430. The highest BCUT2D eigenvalue weighted by molar-refractivity contribution is 7.93. The van der Waals surface area contributed by atoms with Crippen LogP contribution in [-0.2, 0) is 14.8 Å². The molecule has 8 heteroatoms. The lowest BCUT2D eigenvalue weighted by molar-refractivity contribution is 0.0599. The number of hydrogen-bond donors (Lipinski definition) is 0. The van der Waals surface area contributed by atoms with E-state index in [0.717, 1.165) is 15.8 Å². The summed E-state index contributed by atoms with van der Waals surface area (Å²) in [7, 11) is -2.82. The number of thiazole rings is 1. The van der Waals surface area contributed by atoms with Crippen molar-refractivity contribution in [3.63, 3.8) is 0 Å². The molecule has 0 radical (unpaired) electrons. The van der Waals surface area contributed by atoms with E-state index in [4.69, 9.17) is 4.74 Å². The third kappa shape index (κ3) is 3.87. The largest absolute Gasteiger partial charge is 0.465 e. The fourth-order valence-corrected chi connectivity index (χ4v) is 6.27. The van der Waals surface area contributed by atoms with Crippen molar-refractivity contribution >= 4 is 48.4 Å². The molecule has 4 rings (SSSR count). The molecular formula is C24H22N2O4S2. The average Bonchev–Trinajstić information content (AvgIpc) is 3.17. The van der Waals surface area contributed by atoms with E-state index < -0.39 is 16.0 Å². The number of methoxy groups -OCH3 is 1. The maximum absolute atomic E-state index is 13.9. The Labute approximate surface area is 191 Å². The molecule has 0 saturated carbocycles. The van der Waals surface area contributed by atoms with Crippen LogP contribution in [0.25, 0.3) is 10.2 Å². The number of fused-ring (bicyclic) bond motifs is 1. The number of carbonyl (C=O) groups is 1. The first-order chi connectivity index (χ1) is 15.2. The number of sulfonamides is 1. The second-order valence-corrected chi connectivity index (χ2v) is 10.3. The van der Waals surface area contributed by atoms with E-state index in [2.05, 4.69) is 4.98 Å². The lowest BCUT2D eigenvalue weighted by Gasteiger charge is -2.22. The molecule has 0 aliphatic carbocycles. The molecule has 1 heterocycles. The minimum atomic E-state index is -4.09. The van der Waals surface area contributed by atoms with Crippen LogP contribution < -0.4 is 4.31 Å². The van der Waals surface area contributed by atoms with Gasteiger partial charge in [0.05, 0.1) is 33.5 Å². The lowest BCUT2D eigenvalue weighted by Crippen LogP contribution is -2.26. The molecule has 0 bridgehead atoms. The molecule has 3 aromatic carbocycles. The summed E-state index contributed by atoms with van der Waals surface area (Å²) in [5.74, 6) is -0.579. The van der Waals surface area contributed by atoms with Crippen molar-refractivity contribution in [3.05, 3.63) is 82.9 Å². The summed E-state index contributed by atoms with van der Waals surface area (Å²) in [5.41, 5.74) is 3.83. The van der Waals surface area contributed by atoms with E-state index in [-0.39, 0.29) is 10.5 Å². The number of aromatic nitrogens is 1. The molecule has 1 aromatic heterocycles. The van der Waals surface area contributed by atoms with E-state index in [1.807, 2.05) is 31.2 Å². The van der Waals surface area contributed by atoms with Gasteiger partial charge in [-0.25, -0.2) is 22.5 Å². The van der Waals surface area contributed by atoms with Gasteiger partial charge in [0, 0.05) is 0 Å². The molecule has 0 N–H and O–H groups in total. The zero-order valence-corrected chi connectivity index (χ0v) is 19.8. The smallest absolute Gasteiger partial charge is 0.338 e. The molecule has 0 fully saturated rings. The number of aryl methyl sites for hydroxylation is 2. The van der Waals surface area contributed by atoms with Crippen LogP contribution in [0.3, 0.4) is 0 Å². The van der Waals surface area contributed by atoms with Gasteiger partial charge in [0.2, 0.25) is 5.13 Å². The number of para-hydroxylation sites is 1. The van der Waals surface area contributed by atoms with Gasteiger partial charge in [-0.1, -0.05) is 35.6 Å². The number of carbonyl (C=O) groups excluding carboxylic acids is 1. The zero-order valence-electron chi connectivity index (χ0n) is 18.1. The minimum absolute atomic E-state index is 0.000268. The quantitative estimate of drug-likeness (QED) is 0.361. The predicted molar refractivity (Wildman–Crippen MR) is 127 cm³/mol. The second-order valence-electron chi connectivity index (χ2n) is 7.48. The number of anilines is 2. The molecule has 0 aliphatic heterocycles. The molecule has 164 valence electrons. The zero-order chi connectivity index (χ0) is 23.0. The Morgan fingerprint density at radius 3 is 2.41 bits per heavy atom. The number of rotatable bonds is 5. The Kier molecular flexibility index (Phi) is 5.75. The van der Waals surface area contributed by atoms with Crippen LogP contribution in [0, 0.1) is 20.8 Å². The van der Waals surface area contributed by atoms with Crippen LogP contribution in [0.1, 0.15) is 27.0 Å². The van der Waals surface area contributed by atoms with E-state index in [1.165, 1.54) is 28.8 Å². The highest BCUT2D eigenvalue weighted by Gasteiger charge is 2.31. The molecular weight excluding hydrogens is 444 g/mol. The van der Waals surface area contributed by atoms with Gasteiger partial charge in [0.25, 0.3) is 10.0 Å². The first-order valence-corrected chi connectivity index (χ1v) is 12.1. The summed E-state index contributed by atoms with van der Waals surface area (Å²) >= 11 is 1.30. The highest BCUT2D eigenvalue weighted by Crippen LogP contribution is 2.38. The number of benzene rings is 3. The predicted octanol–water partition coefficient (Wildman–Crippen LogP) is 5.54. The topological polar surface area (TPSA) is 76.6 Å². The molecule has 0 aliphatic rings. The summed E-state index contributed by atoms with van der Waals surface area (Å²) in [6.07, 6.45) is 0. The summed E-state index contributed by atoms with van der Waals surface area (Å²) in [6, 6.07) is 17.6. The molecule has 32 heavy (non-hydrogen) atoms. The van der Waals surface area contributed by atoms with Crippen LogP contribution in [-0.4, -0.2) is 26.5 Å². The number of esters is 1. The van der Waals surface area contributed by atoms with Crippen molar-refractivity contribution < 1.29 is 17.9 Å². The molecule has 0 spiro atoms. The van der Waals surface area contributed by atoms with E-state index in [1.54, 1.807) is 44.2 Å². The first-order valence-electron chi connectivity index (χ1n) is 9.89. The van der Waals surface area contributed by atoms with Gasteiger partial charge in [-0.3, -0.25) is 0 Å². The van der Waals surface area contributed by atoms with Crippen LogP contribution in [0.2, 0.25) is 0 Å². The molecule has 0 amide bonds. The normalized spacial score (nSPS) is 11.5. The molecule has 6 nitrogen and oxygen atoms in total. The number of hydrogen-bond acceptors (Lipinski definition) is 6. The molecule has 0 unspecified atom stereocenters. The van der Waals surface area contributed by atoms with Gasteiger partial charge in [0.1, 0.15) is 0 Å². The van der Waals surface area contributed by atoms with Gasteiger partial charge < -0.3 is 4.74 Å². The van der Waals surface area contributed by atoms with Crippen molar-refractivity contribution in [3.8, 4) is 0 Å². The molecule has 4 aromatic rings. The van der Waals surface area contributed by atoms with Gasteiger partial charge in [-0.15, -0.1) is 0 Å². The van der Waals surface area contributed by atoms with E-state index in [9.17, 15) is 13.2 Å². The Morgan fingerprint density at radius 2 is 1.72 bits per heavy atom. The SMILES string of the molecule is COC(=O)c1cc(S(=O)(=O)N(c2ccccc2)c2nc3ccc(C)cc3s2)cc(C)c1C. The van der Waals surface area contributed by atoms with Gasteiger partial charge in [0.15, 0.2) is 0 Å². The van der Waals surface area contributed by atoms with Crippen LogP contribution in [0.15, 0.2) is 65.6 Å². The van der Waals surface area contributed by atoms with Crippen molar-refractivity contribution in [2.75, 3.05) is 11.4 Å². The van der Waals surface area contributed by atoms with Gasteiger partial charge in [-0.05, 0) is 73.9 Å². The summed E-state index contributed by atoms with van der Waals surface area (Å²) < 4.78 is 34.9. The van der Waals surface area contributed by atoms with Gasteiger partial charge in [-0.2, -0.15) is 0 Å². The van der Waals surface area contributed by atoms with Crippen LogP contribution in [0.4, 0.5) is 10.8 Å². The average molecular weight is 467 g/mol. The second kappa shape index (κ2) is 8.37. The summed E-state index contributed by atoms with van der Waals surface area (Å²) in [4.78, 5) is 16.9. The van der Waals surface area contributed by atoms with Gasteiger partial charge >= 0.3 is 5.97 Å². The van der Waals surface area contributed by atoms with Crippen molar-refractivity contribution in [1.82, 2.24) is 4.98 Å². The van der Waals surface area contributed by atoms with E-state index in [0.29, 0.717) is 21.9 Å². The van der Waals surface area contributed by atoms with Crippen molar-refractivity contribution in [2.24, 2.45) is 0 Å².